The molecule has 3 aromatic carbocycles. The molecular weight excluding hydrogens is 617 g/mol. The number of hydrogen-bond donors (Lipinski definition) is 4. The lowest BCUT2D eigenvalue weighted by Gasteiger charge is -2.38. The Kier molecular flexibility index (Phi) is 8.69. The Hall–Kier alpha value is -4.54. The van der Waals surface area contributed by atoms with Crippen LogP contribution in [0.2, 0.25) is 10.0 Å². The van der Waals surface area contributed by atoms with Crippen LogP contribution < -0.4 is 10.6 Å². The summed E-state index contributed by atoms with van der Waals surface area (Å²) < 4.78 is 0. The Labute approximate surface area is 269 Å². The van der Waals surface area contributed by atoms with E-state index in [0.717, 1.165) is 22.2 Å². The fraction of sp³-hybridized carbons (Fsp3) is 0.273. The van der Waals surface area contributed by atoms with Gasteiger partial charge in [-0.1, -0.05) is 71.7 Å². The SMILES string of the molecule is O=C(O)C(CNC(=O)C1CCCN1C(=O)C1Cc2c([nH]c3ccccc23)CN1C(=O)Nc1ccc(Cl)c(Cl)c1)c1ccccc1. The molecule has 3 heterocycles. The normalized spacial score (nSPS) is 18.4. The van der Waals surface area contributed by atoms with Gasteiger partial charge in [-0.15, -0.1) is 0 Å². The monoisotopic (exact) mass is 647 g/mol. The number of aliphatic carboxylic acids is 1. The van der Waals surface area contributed by atoms with E-state index < -0.39 is 35.9 Å². The average molecular weight is 649 g/mol. The van der Waals surface area contributed by atoms with Crippen LogP contribution in [-0.4, -0.2) is 68.9 Å². The number of aromatic amines is 1. The second kappa shape index (κ2) is 12.8. The van der Waals surface area contributed by atoms with Crippen LogP contribution in [0.3, 0.4) is 0 Å². The minimum atomic E-state index is -1.05. The number of aromatic nitrogens is 1. The lowest BCUT2D eigenvalue weighted by molar-refractivity contribution is -0.143. The number of carbonyl (C=O) groups is 4. The first-order valence-corrected chi connectivity index (χ1v) is 15.4. The van der Waals surface area contributed by atoms with Gasteiger partial charge in [0.15, 0.2) is 0 Å². The number of hydrogen-bond acceptors (Lipinski definition) is 4. The molecule has 3 unspecified atom stereocenters. The van der Waals surface area contributed by atoms with Crippen molar-refractivity contribution in [3.63, 3.8) is 0 Å². The first-order chi connectivity index (χ1) is 21.7. The van der Waals surface area contributed by atoms with Crippen molar-refractivity contribution in [2.24, 2.45) is 0 Å². The number of H-pyrrole nitrogens is 1. The number of rotatable bonds is 7. The summed E-state index contributed by atoms with van der Waals surface area (Å²) in [6, 6.07) is 19.1. The number of benzene rings is 3. The van der Waals surface area contributed by atoms with Crippen LogP contribution in [0.25, 0.3) is 10.9 Å². The van der Waals surface area contributed by atoms with Gasteiger partial charge in [-0.3, -0.25) is 14.4 Å². The highest BCUT2D eigenvalue weighted by molar-refractivity contribution is 6.42. The largest absolute Gasteiger partial charge is 0.481 e. The number of anilines is 1. The Morgan fingerprint density at radius 3 is 2.44 bits per heavy atom. The third kappa shape index (κ3) is 6.21. The third-order valence-corrected chi connectivity index (χ3v) is 9.28. The van der Waals surface area contributed by atoms with Crippen molar-refractivity contribution in [3.8, 4) is 0 Å². The van der Waals surface area contributed by atoms with Gasteiger partial charge in [0.05, 0.1) is 22.5 Å². The summed E-state index contributed by atoms with van der Waals surface area (Å²) in [5.41, 5.74) is 3.69. The number of nitrogens with zero attached hydrogens (tertiary/aromatic N) is 2. The van der Waals surface area contributed by atoms with Crippen molar-refractivity contribution in [3.05, 3.63) is 99.7 Å². The Bertz CT molecular complexity index is 1780. The average Bonchev–Trinajstić information content (AvgIpc) is 3.67. The van der Waals surface area contributed by atoms with Crippen LogP contribution in [0, 0.1) is 0 Å². The predicted octanol–water partition coefficient (Wildman–Crippen LogP) is 5.41. The molecule has 0 aliphatic carbocycles. The number of fused-ring (bicyclic) bond motifs is 3. The first kappa shape index (κ1) is 30.5. The van der Waals surface area contributed by atoms with Crippen LogP contribution >= 0.6 is 23.2 Å². The van der Waals surface area contributed by atoms with Crippen molar-refractivity contribution in [1.82, 2.24) is 20.1 Å². The van der Waals surface area contributed by atoms with E-state index in [1.165, 1.54) is 15.9 Å². The van der Waals surface area contributed by atoms with Gasteiger partial charge in [0, 0.05) is 41.8 Å². The van der Waals surface area contributed by atoms with Gasteiger partial charge in [0.1, 0.15) is 12.1 Å². The molecule has 232 valence electrons. The van der Waals surface area contributed by atoms with Crippen LogP contribution in [0.4, 0.5) is 10.5 Å². The summed E-state index contributed by atoms with van der Waals surface area (Å²) in [4.78, 5) is 59.8. The molecule has 0 radical (unpaired) electrons. The van der Waals surface area contributed by atoms with E-state index >= 15 is 0 Å². The van der Waals surface area contributed by atoms with Crippen LogP contribution in [0.1, 0.15) is 35.6 Å². The van der Waals surface area contributed by atoms with E-state index in [0.29, 0.717) is 35.7 Å². The predicted molar refractivity (Wildman–Crippen MR) is 171 cm³/mol. The highest BCUT2D eigenvalue weighted by Crippen LogP contribution is 2.33. The molecule has 4 amide bonds. The minimum absolute atomic E-state index is 0.114. The molecular formula is C33H31Cl2N5O5. The number of halogens is 2. The van der Waals surface area contributed by atoms with E-state index in [1.807, 2.05) is 24.3 Å². The number of likely N-dealkylation sites (tertiary alicyclic amines) is 1. The lowest BCUT2D eigenvalue weighted by atomic mass is 9.95. The molecule has 0 spiro atoms. The van der Waals surface area contributed by atoms with Crippen molar-refractivity contribution in [1.29, 1.82) is 0 Å². The topological polar surface area (TPSA) is 135 Å². The summed E-state index contributed by atoms with van der Waals surface area (Å²) in [7, 11) is 0. The quantitative estimate of drug-likeness (QED) is 0.213. The molecule has 45 heavy (non-hydrogen) atoms. The van der Waals surface area contributed by atoms with Gasteiger partial charge in [0.2, 0.25) is 11.8 Å². The molecule has 12 heteroatoms. The smallest absolute Gasteiger partial charge is 0.322 e. The molecule has 0 bridgehead atoms. The molecule has 10 nitrogen and oxygen atoms in total. The maximum absolute atomic E-state index is 14.3. The van der Waals surface area contributed by atoms with Crippen molar-refractivity contribution in [2.45, 2.75) is 43.8 Å². The fourth-order valence-electron chi connectivity index (χ4n) is 6.26. The Morgan fingerprint density at radius 1 is 0.933 bits per heavy atom. The maximum atomic E-state index is 14.3. The van der Waals surface area contributed by atoms with E-state index in [-0.39, 0.29) is 30.4 Å². The number of carbonyl (C=O) groups excluding carboxylic acids is 3. The van der Waals surface area contributed by atoms with E-state index in [1.54, 1.807) is 42.5 Å². The molecule has 4 N–H and O–H groups in total. The number of nitrogens with one attached hydrogen (secondary N) is 3. The second-order valence-corrected chi connectivity index (χ2v) is 12.1. The first-order valence-electron chi connectivity index (χ1n) is 14.7. The van der Waals surface area contributed by atoms with E-state index in [9.17, 15) is 24.3 Å². The van der Waals surface area contributed by atoms with Gasteiger partial charge >= 0.3 is 12.0 Å². The molecule has 2 aliphatic rings. The zero-order valence-corrected chi connectivity index (χ0v) is 25.6. The summed E-state index contributed by atoms with van der Waals surface area (Å²) in [5, 5.41) is 17.0. The lowest BCUT2D eigenvalue weighted by Crippen LogP contribution is -2.57. The highest BCUT2D eigenvalue weighted by atomic mass is 35.5. The zero-order valence-electron chi connectivity index (χ0n) is 24.1. The summed E-state index contributed by atoms with van der Waals surface area (Å²) in [5.74, 6) is -2.75. The number of urea groups is 1. The van der Waals surface area contributed by atoms with Crippen molar-refractivity contribution in [2.75, 3.05) is 18.4 Å². The number of carboxylic acid groups (broad SMARTS) is 1. The summed E-state index contributed by atoms with van der Waals surface area (Å²) >= 11 is 12.2. The van der Waals surface area contributed by atoms with Crippen LogP contribution in [0.5, 0.6) is 0 Å². The Balaban J connectivity index is 1.24. The second-order valence-electron chi connectivity index (χ2n) is 11.3. The van der Waals surface area contributed by atoms with Crippen molar-refractivity contribution >= 4 is 63.6 Å². The van der Waals surface area contributed by atoms with Gasteiger partial charge < -0.3 is 30.5 Å². The van der Waals surface area contributed by atoms with E-state index in [2.05, 4.69) is 15.6 Å². The molecule has 2 aliphatic heterocycles. The molecule has 1 aromatic heterocycles. The molecule has 6 rings (SSSR count). The van der Waals surface area contributed by atoms with Crippen LogP contribution in [0.15, 0.2) is 72.8 Å². The number of carboxylic acids is 1. The molecule has 1 fully saturated rings. The van der Waals surface area contributed by atoms with Gasteiger partial charge in [-0.25, -0.2) is 4.79 Å². The molecule has 3 atom stereocenters. The van der Waals surface area contributed by atoms with Crippen molar-refractivity contribution < 1.29 is 24.3 Å². The number of amides is 4. The highest BCUT2D eigenvalue weighted by Gasteiger charge is 2.43. The zero-order chi connectivity index (χ0) is 31.7. The molecule has 4 aromatic rings. The summed E-state index contributed by atoms with van der Waals surface area (Å²) in [6.07, 6.45) is 1.29. The van der Waals surface area contributed by atoms with Gasteiger partial charge in [-0.2, -0.15) is 0 Å². The Morgan fingerprint density at radius 2 is 1.69 bits per heavy atom. The number of para-hydroxylation sites is 1. The van der Waals surface area contributed by atoms with Gasteiger partial charge in [0.25, 0.3) is 0 Å². The van der Waals surface area contributed by atoms with Crippen LogP contribution in [-0.2, 0) is 27.3 Å². The standard InChI is InChI=1S/C33H31Cl2N5O5/c34-24-13-12-20(15-25(24)35)37-33(45)40-18-27-22(21-9-4-5-10-26(21)38-27)16-29(40)31(42)39-14-6-11-28(39)30(41)36-17-23(32(43)44)19-7-2-1-3-8-19/h1-5,7-10,12-13,15,23,28-29,38H,6,11,14,16-18H2,(H,36,41)(H,37,45)(H,43,44). The summed E-state index contributed by atoms with van der Waals surface area (Å²) in [6.45, 7) is 0.379. The fourth-order valence-corrected chi connectivity index (χ4v) is 6.56. The third-order valence-electron chi connectivity index (χ3n) is 8.54. The van der Waals surface area contributed by atoms with E-state index in [4.69, 9.17) is 23.2 Å². The minimum Gasteiger partial charge on any atom is -0.481 e. The molecule has 1 saturated heterocycles. The molecule has 0 saturated carbocycles. The maximum Gasteiger partial charge on any atom is 0.322 e. The van der Waals surface area contributed by atoms with Gasteiger partial charge in [-0.05, 0) is 48.2 Å².